The Morgan fingerprint density at radius 3 is 2.24 bits per heavy atom. The molecule has 0 saturated carbocycles. The van der Waals surface area contributed by atoms with Gasteiger partial charge in [0.25, 0.3) is 0 Å². The number of thiocarbonyl (C=S) groups is 1. The molecule has 3 nitrogen and oxygen atoms in total. The maximum Gasteiger partial charge on any atom is 0.177 e. The average molecular weight is 355 g/mol. The smallest absolute Gasteiger partial charge is 0.177 e. The molecule has 0 aliphatic carbocycles. The van der Waals surface area contributed by atoms with Crippen LogP contribution >= 0.6 is 12.2 Å². The van der Waals surface area contributed by atoms with Crippen molar-refractivity contribution in [2.24, 2.45) is 0 Å². The summed E-state index contributed by atoms with van der Waals surface area (Å²) in [4.78, 5) is 1.84. The van der Waals surface area contributed by atoms with Crippen LogP contribution < -0.4 is 10.2 Å². The summed E-state index contributed by atoms with van der Waals surface area (Å²) in [6.07, 6.45) is 2.12. The van der Waals surface area contributed by atoms with E-state index < -0.39 is 0 Å². The van der Waals surface area contributed by atoms with Crippen molar-refractivity contribution in [1.82, 2.24) is 0 Å². The van der Waals surface area contributed by atoms with Crippen molar-refractivity contribution in [2.45, 2.75) is 33.1 Å². The lowest BCUT2D eigenvalue weighted by atomic mass is 10.0. The Morgan fingerprint density at radius 2 is 1.72 bits per heavy atom. The minimum Gasteiger partial charge on any atom is -0.332 e. The molecule has 25 heavy (non-hydrogen) atoms. The van der Waals surface area contributed by atoms with Crippen molar-refractivity contribution < 1.29 is 4.39 Å². The lowest BCUT2D eigenvalue weighted by Crippen LogP contribution is -2.36. The summed E-state index contributed by atoms with van der Waals surface area (Å²) in [6, 6.07) is 14.5. The van der Waals surface area contributed by atoms with Crippen LogP contribution in [0.3, 0.4) is 0 Å². The molecule has 0 spiro atoms. The Balaban J connectivity index is 2.31. The summed E-state index contributed by atoms with van der Waals surface area (Å²) in [5.41, 5.74) is 4.19. The second-order valence-electron chi connectivity index (χ2n) is 5.62. The maximum absolute atomic E-state index is 13.2. The van der Waals surface area contributed by atoms with E-state index in [1.807, 2.05) is 4.90 Å². The number of halogens is 1. The minimum absolute atomic E-state index is 0.299. The molecular weight excluding hydrogens is 333 g/mol. The summed E-state index contributed by atoms with van der Waals surface area (Å²) >= 11 is 5.61. The normalized spacial score (nSPS) is 10.2. The average Bonchev–Trinajstić information content (AvgIpc) is 2.63. The number of nitrogens with zero attached hydrogens (tertiary/aromatic N) is 2. The molecule has 0 fully saturated rings. The molecule has 0 heterocycles. The van der Waals surface area contributed by atoms with Gasteiger partial charge in [-0.3, -0.25) is 0 Å². The monoisotopic (exact) mass is 355 g/mol. The topological polar surface area (TPSA) is 39.1 Å². The number of para-hydroxylation sites is 1. The van der Waals surface area contributed by atoms with Crippen LogP contribution in [0, 0.1) is 17.1 Å². The Labute approximate surface area is 154 Å². The fraction of sp³-hybridized carbons (Fsp3) is 0.300. The van der Waals surface area contributed by atoms with Crippen LogP contribution in [0.5, 0.6) is 0 Å². The molecule has 0 saturated heterocycles. The standard InChI is InChI=1S/C20H22FN3S/c1-3-15-7-5-8-16(4-2)19(15)23-20(25)24(14-6-13-22)18-11-9-17(21)10-12-18/h5,7-12H,3-4,6,14H2,1-2H3,(H,23,25). The Hall–Kier alpha value is -2.45. The predicted octanol–water partition coefficient (Wildman–Crippen LogP) is 5.07. The molecule has 0 radical (unpaired) electrons. The van der Waals surface area contributed by atoms with Gasteiger partial charge in [-0.1, -0.05) is 32.0 Å². The first kappa shape index (κ1) is 18.9. The van der Waals surface area contributed by atoms with Gasteiger partial charge in [-0.25, -0.2) is 4.39 Å². The van der Waals surface area contributed by atoms with E-state index in [0.717, 1.165) is 24.2 Å². The molecule has 5 heteroatoms. The van der Waals surface area contributed by atoms with Gasteiger partial charge in [0, 0.05) is 17.9 Å². The van der Waals surface area contributed by atoms with E-state index >= 15 is 0 Å². The highest BCUT2D eigenvalue weighted by atomic mass is 32.1. The summed E-state index contributed by atoms with van der Waals surface area (Å²) in [7, 11) is 0. The van der Waals surface area contributed by atoms with Gasteiger partial charge in [0.15, 0.2) is 5.11 Å². The number of hydrogen-bond donors (Lipinski definition) is 1. The third-order valence-corrected chi connectivity index (χ3v) is 4.38. The van der Waals surface area contributed by atoms with E-state index in [0.29, 0.717) is 18.1 Å². The number of nitriles is 1. The summed E-state index contributed by atoms with van der Waals surface area (Å²) < 4.78 is 13.2. The highest BCUT2D eigenvalue weighted by Crippen LogP contribution is 2.24. The molecule has 0 bridgehead atoms. The largest absolute Gasteiger partial charge is 0.332 e. The van der Waals surface area contributed by atoms with Crippen molar-refractivity contribution >= 4 is 28.7 Å². The van der Waals surface area contributed by atoms with Crippen molar-refractivity contribution in [3.05, 3.63) is 59.4 Å². The first-order chi connectivity index (χ1) is 12.1. The quantitative estimate of drug-likeness (QED) is 0.735. The number of nitrogens with one attached hydrogen (secondary N) is 1. The third-order valence-electron chi connectivity index (χ3n) is 4.06. The Morgan fingerprint density at radius 1 is 1.12 bits per heavy atom. The van der Waals surface area contributed by atoms with E-state index in [4.69, 9.17) is 17.5 Å². The van der Waals surface area contributed by atoms with Crippen molar-refractivity contribution in [2.75, 3.05) is 16.8 Å². The molecule has 0 unspecified atom stereocenters. The zero-order valence-electron chi connectivity index (χ0n) is 14.6. The number of hydrogen-bond acceptors (Lipinski definition) is 2. The van der Waals surface area contributed by atoms with E-state index in [2.05, 4.69) is 43.4 Å². The molecule has 0 aliphatic heterocycles. The van der Waals surface area contributed by atoms with Crippen molar-refractivity contribution in [1.29, 1.82) is 5.26 Å². The van der Waals surface area contributed by atoms with Crippen LogP contribution in [0.1, 0.15) is 31.4 Å². The molecule has 1 N–H and O–H groups in total. The third kappa shape index (κ3) is 4.77. The Kier molecular flexibility index (Phi) is 6.91. The van der Waals surface area contributed by atoms with E-state index in [-0.39, 0.29) is 5.82 Å². The first-order valence-electron chi connectivity index (χ1n) is 8.42. The van der Waals surface area contributed by atoms with Gasteiger partial charge in [0.1, 0.15) is 5.82 Å². The highest BCUT2D eigenvalue weighted by Gasteiger charge is 2.15. The SMILES string of the molecule is CCc1cccc(CC)c1NC(=S)N(CCC#N)c1ccc(F)cc1. The summed E-state index contributed by atoms with van der Waals surface area (Å²) in [5, 5.41) is 12.8. The van der Waals surface area contributed by atoms with E-state index in [1.165, 1.54) is 23.3 Å². The second-order valence-corrected chi connectivity index (χ2v) is 6.01. The zero-order valence-corrected chi connectivity index (χ0v) is 15.4. The molecule has 0 amide bonds. The van der Waals surface area contributed by atoms with Gasteiger partial charge in [0.05, 0.1) is 12.5 Å². The lowest BCUT2D eigenvalue weighted by Gasteiger charge is -2.27. The number of anilines is 2. The number of aryl methyl sites for hydroxylation is 2. The first-order valence-corrected chi connectivity index (χ1v) is 8.83. The lowest BCUT2D eigenvalue weighted by molar-refractivity contribution is 0.628. The summed E-state index contributed by atoms with van der Waals surface area (Å²) in [6.45, 7) is 4.66. The molecular formula is C20H22FN3S. The van der Waals surface area contributed by atoms with Gasteiger partial charge in [-0.15, -0.1) is 0 Å². The minimum atomic E-state index is -0.299. The van der Waals surface area contributed by atoms with Crippen LogP contribution in [0.15, 0.2) is 42.5 Å². The molecule has 0 aromatic heterocycles. The fourth-order valence-electron chi connectivity index (χ4n) is 2.71. The molecule has 2 aromatic carbocycles. The molecule has 2 aromatic rings. The fourth-order valence-corrected chi connectivity index (χ4v) is 3.01. The van der Waals surface area contributed by atoms with Gasteiger partial charge in [-0.05, 0) is 60.5 Å². The van der Waals surface area contributed by atoms with Crippen LogP contribution in [-0.4, -0.2) is 11.7 Å². The van der Waals surface area contributed by atoms with Crippen LogP contribution in [0.2, 0.25) is 0 Å². The number of benzene rings is 2. The second kappa shape index (κ2) is 9.14. The Bertz CT molecular complexity index is 743. The van der Waals surface area contributed by atoms with Crippen LogP contribution in [0.25, 0.3) is 0 Å². The molecule has 2 rings (SSSR count). The van der Waals surface area contributed by atoms with Crippen molar-refractivity contribution in [3.8, 4) is 6.07 Å². The van der Waals surface area contributed by atoms with Gasteiger partial charge >= 0.3 is 0 Å². The summed E-state index contributed by atoms with van der Waals surface area (Å²) in [5.74, 6) is -0.299. The highest BCUT2D eigenvalue weighted by molar-refractivity contribution is 7.80. The molecule has 130 valence electrons. The molecule has 0 aliphatic rings. The van der Waals surface area contributed by atoms with Gasteiger partial charge in [0.2, 0.25) is 0 Å². The van der Waals surface area contributed by atoms with Gasteiger partial charge < -0.3 is 10.2 Å². The van der Waals surface area contributed by atoms with Crippen LogP contribution in [-0.2, 0) is 12.8 Å². The number of rotatable bonds is 6. The van der Waals surface area contributed by atoms with E-state index in [9.17, 15) is 4.39 Å². The predicted molar refractivity (Wildman–Crippen MR) is 105 cm³/mol. The van der Waals surface area contributed by atoms with Crippen molar-refractivity contribution in [3.63, 3.8) is 0 Å². The van der Waals surface area contributed by atoms with Crippen LogP contribution in [0.4, 0.5) is 15.8 Å². The van der Waals surface area contributed by atoms with Gasteiger partial charge in [-0.2, -0.15) is 5.26 Å². The molecule has 0 atom stereocenters. The van der Waals surface area contributed by atoms with E-state index in [1.54, 1.807) is 12.1 Å². The maximum atomic E-state index is 13.2. The zero-order chi connectivity index (χ0) is 18.2.